The second kappa shape index (κ2) is 7.14. The molecular weight excluding hydrogens is 337 g/mol. The van der Waals surface area contributed by atoms with Crippen LogP contribution in [0.25, 0.3) is 0 Å². The highest BCUT2D eigenvalue weighted by atomic mass is 19.1. The number of anilines is 2. The zero-order valence-corrected chi connectivity index (χ0v) is 14.4. The maximum atomic E-state index is 13.0. The Morgan fingerprint density at radius 3 is 2.73 bits per heavy atom. The summed E-state index contributed by atoms with van der Waals surface area (Å²) < 4.78 is 18.8. The van der Waals surface area contributed by atoms with Gasteiger partial charge in [-0.1, -0.05) is 0 Å². The molecule has 0 bridgehead atoms. The minimum atomic E-state index is -0.541. The number of halogens is 1. The average Bonchev–Trinajstić information content (AvgIpc) is 3.03. The van der Waals surface area contributed by atoms with Gasteiger partial charge < -0.3 is 10.1 Å². The summed E-state index contributed by atoms with van der Waals surface area (Å²) in [6.45, 7) is 5.33. The molecule has 9 heteroatoms. The van der Waals surface area contributed by atoms with E-state index >= 15 is 0 Å². The molecular formula is C17H16FN7O. The molecule has 3 rings (SSSR count). The van der Waals surface area contributed by atoms with Crippen LogP contribution in [0.3, 0.4) is 0 Å². The van der Waals surface area contributed by atoms with Gasteiger partial charge in [-0.2, -0.15) is 15.3 Å². The molecule has 3 aromatic heterocycles. The van der Waals surface area contributed by atoms with Crippen molar-refractivity contribution >= 4 is 11.6 Å². The number of rotatable bonds is 5. The predicted molar refractivity (Wildman–Crippen MR) is 91.3 cm³/mol. The number of aromatic amines is 1. The summed E-state index contributed by atoms with van der Waals surface area (Å²) in [6, 6.07) is 6.59. The summed E-state index contributed by atoms with van der Waals surface area (Å²) in [5, 5.41) is 19.3. The summed E-state index contributed by atoms with van der Waals surface area (Å²) in [6.07, 6.45) is 0.564. The molecule has 0 saturated heterocycles. The molecule has 0 fully saturated rings. The van der Waals surface area contributed by atoms with Gasteiger partial charge in [0.2, 0.25) is 5.69 Å². The molecule has 3 heterocycles. The number of aryl methyl sites for hydroxylation is 2. The fourth-order valence-electron chi connectivity index (χ4n) is 2.24. The maximum Gasteiger partial charge on any atom is 0.253 e. The van der Waals surface area contributed by atoms with Crippen molar-refractivity contribution in [3.63, 3.8) is 0 Å². The molecule has 8 nitrogen and oxygen atoms in total. The number of hydrogen-bond donors (Lipinski definition) is 2. The largest absolute Gasteiger partial charge is 0.466 e. The molecule has 0 spiro atoms. The monoisotopic (exact) mass is 353 g/mol. The van der Waals surface area contributed by atoms with E-state index in [4.69, 9.17) is 4.74 Å². The number of nitrogens with one attached hydrogen (secondary N) is 2. The highest BCUT2D eigenvalue weighted by Crippen LogP contribution is 2.25. The van der Waals surface area contributed by atoms with E-state index in [1.807, 2.05) is 19.1 Å². The van der Waals surface area contributed by atoms with Crippen LogP contribution in [-0.2, 0) is 0 Å². The quantitative estimate of drug-likeness (QED) is 0.724. The van der Waals surface area contributed by atoms with E-state index in [1.54, 1.807) is 13.8 Å². The van der Waals surface area contributed by atoms with Crippen LogP contribution in [0.15, 0.2) is 24.4 Å². The van der Waals surface area contributed by atoms with Crippen LogP contribution in [0.4, 0.5) is 16.0 Å². The van der Waals surface area contributed by atoms with Crippen molar-refractivity contribution in [3.05, 3.63) is 53.0 Å². The Morgan fingerprint density at radius 1 is 1.31 bits per heavy atom. The molecule has 0 radical (unpaired) electrons. The van der Waals surface area contributed by atoms with E-state index in [-0.39, 0.29) is 11.6 Å². The topological polar surface area (TPSA) is 112 Å². The molecule has 0 aliphatic rings. The third-order valence-electron chi connectivity index (χ3n) is 3.55. The number of nitriles is 1. The summed E-state index contributed by atoms with van der Waals surface area (Å²) in [5.41, 5.74) is 1.98. The van der Waals surface area contributed by atoms with E-state index in [2.05, 4.69) is 30.5 Å². The average molecular weight is 353 g/mol. The Hall–Kier alpha value is -3.54. The number of nitrogens with zero attached hydrogens (tertiary/aromatic N) is 5. The van der Waals surface area contributed by atoms with Gasteiger partial charge in [-0.25, -0.2) is 9.37 Å². The third kappa shape index (κ3) is 3.75. The smallest absolute Gasteiger partial charge is 0.253 e. The summed E-state index contributed by atoms with van der Waals surface area (Å²) >= 11 is 0. The second-order valence-electron chi connectivity index (χ2n) is 5.65. The SMILES string of the molecule is Cc1cc(Nc2nc(OC(C)c3ccc(F)cn3)c(C#N)nc2C)n[nH]1. The minimum absolute atomic E-state index is 0.0558. The number of ether oxygens (including phenoxy) is 1. The van der Waals surface area contributed by atoms with Crippen molar-refractivity contribution in [3.8, 4) is 11.9 Å². The normalized spacial score (nSPS) is 11.7. The van der Waals surface area contributed by atoms with Gasteiger partial charge in [-0.05, 0) is 32.9 Å². The van der Waals surface area contributed by atoms with Gasteiger partial charge >= 0.3 is 0 Å². The first-order valence-electron chi connectivity index (χ1n) is 7.82. The van der Waals surface area contributed by atoms with Crippen LogP contribution in [0.2, 0.25) is 0 Å². The standard InChI is InChI=1S/C17H16FN7O/c1-9-6-15(25-24-9)22-16-10(2)21-14(7-19)17(23-16)26-11(3)13-5-4-12(18)8-20-13/h4-6,8,11H,1-3H3,(H2,22,23,24,25). The Balaban J connectivity index is 1.88. The van der Waals surface area contributed by atoms with Gasteiger partial charge in [-0.15, -0.1) is 0 Å². The van der Waals surface area contributed by atoms with E-state index in [9.17, 15) is 9.65 Å². The molecule has 1 atom stereocenters. The number of H-pyrrole nitrogens is 1. The molecule has 26 heavy (non-hydrogen) atoms. The van der Waals surface area contributed by atoms with Gasteiger partial charge in [0.1, 0.15) is 18.0 Å². The van der Waals surface area contributed by atoms with Crippen molar-refractivity contribution < 1.29 is 9.13 Å². The Morgan fingerprint density at radius 2 is 2.12 bits per heavy atom. The van der Waals surface area contributed by atoms with Crippen LogP contribution in [0.5, 0.6) is 5.88 Å². The van der Waals surface area contributed by atoms with E-state index < -0.39 is 11.9 Å². The number of aromatic nitrogens is 5. The summed E-state index contributed by atoms with van der Waals surface area (Å²) in [4.78, 5) is 12.6. The highest BCUT2D eigenvalue weighted by Gasteiger charge is 2.17. The lowest BCUT2D eigenvalue weighted by Gasteiger charge is -2.15. The predicted octanol–water partition coefficient (Wildman–Crippen LogP) is 3.11. The first-order chi connectivity index (χ1) is 12.5. The third-order valence-corrected chi connectivity index (χ3v) is 3.55. The van der Waals surface area contributed by atoms with Crippen LogP contribution in [0.1, 0.15) is 35.8 Å². The lowest BCUT2D eigenvalue weighted by molar-refractivity contribution is 0.211. The van der Waals surface area contributed by atoms with Gasteiger partial charge in [0, 0.05) is 11.8 Å². The highest BCUT2D eigenvalue weighted by molar-refractivity contribution is 5.56. The second-order valence-corrected chi connectivity index (χ2v) is 5.65. The van der Waals surface area contributed by atoms with Crippen LogP contribution in [-0.4, -0.2) is 25.1 Å². The van der Waals surface area contributed by atoms with Crippen molar-refractivity contribution in [2.45, 2.75) is 26.9 Å². The lowest BCUT2D eigenvalue weighted by Crippen LogP contribution is -2.10. The van der Waals surface area contributed by atoms with Crippen molar-refractivity contribution in [2.24, 2.45) is 0 Å². The molecule has 0 aliphatic carbocycles. The fraction of sp³-hybridized carbons (Fsp3) is 0.235. The van der Waals surface area contributed by atoms with E-state index in [0.29, 0.717) is 23.0 Å². The number of pyridine rings is 1. The number of hydrogen-bond acceptors (Lipinski definition) is 7. The summed E-state index contributed by atoms with van der Waals surface area (Å²) in [7, 11) is 0. The molecule has 0 saturated carbocycles. The maximum absolute atomic E-state index is 13.0. The molecule has 0 amide bonds. The molecule has 0 aromatic carbocycles. The van der Waals surface area contributed by atoms with Crippen LogP contribution >= 0.6 is 0 Å². The molecule has 1 unspecified atom stereocenters. The fourth-order valence-corrected chi connectivity index (χ4v) is 2.24. The van der Waals surface area contributed by atoms with Crippen molar-refractivity contribution in [2.75, 3.05) is 5.32 Å². The van der Waals surface area contributed by atoms with Gasteiger partial charge in [-0.3, -0.25) is 10.1 Å². The Kier molecular flexibility index (Phi) is 4.75. The Bertz CT molecular complexity index is 962. The van der Waals surface area contributed by atoms with Crippen LogP contribution < -0.4 is 10.1 Å². The lowest BCUT2D eigenvalue weighted by atomic mass is 10.2. The zero-order chi connectivity index (χ0) is 18.7. The molecule has 0 aliphatic heterocycles. The van der Waals surface area contributed by atoms with Crippen LogP contribution in [0, 0.1) is 31.0 Å². The molecule has 3 aromatic rings. The van der Waals surface area contributed by atoms with E-state index in [1.165, 1.54) is 12.1 Å². The van der Waals surface area contributed by atoms with Gasteiger partial charge in [0.25, 0.3) is 5.88 Å². The van der Waals surface area contributed by atoms with Crippen molar-refractivity contribution in [1.29, 1.82) is 5.26 Å². The van der Waals surface area contributed by atoms with E-state index in [0.717, 1.165) is 11.9 Å². The zero-order valence-electron chi connectivity index (χ0n) is 14.4. The first kappa shape index (κ1) is 17.3. The first-order valence-corrected chi connectivity index (χ1v) is 7.82. The summed E-state index contributed by atoms with van der Waals surface area (Å²) in [5.74, 6) is 0.620. The molecule has 2 N–H and O–H groups in total. The van der Waals surface area contributed by atoms with Crippen molar-refractivity contribution in [1.82, 2.24) is 25.1 Å². The minimum Gasteiger partial charge on any atom is -0.466 e. The van der Waals surface area contributed by atoms with Gasteiger partial charge in [0.05, 0.1) is 17.6 Å². The van der Waals surface area contributed by atoms with Gasteiger partial charge in [0.15, 0.2) is 11.6 Å². The Labute approximate surface area is 149 Å². The molecule has 132 valence electrons.